The molecule has 1 amide bonds. The number of carbonyl (C=O) groups is 2. The Morgan fingerprint density at radius 3 is 2.67 bits per heavy atom. The van der Waals surface area contributed by atoms with E-state index < -0.39 is 0 Å². The van der Waals surface area contributed by atoms with Gasteiger partial charge in [0.2, 0.25) is 0 Å². The molecule has 1 aromatic rings. The van der Waals surface area contributed by atoms with Crippen LogP contribution >= 0.6 is 0 Å². The third kappa shape index (κ3) is 8.17. The maximum Gasteiger partial charge on any atom is 0.307 e. The molecule has 0 radical (unpaired) electrons. The Kier molecular flexibility index (Phi) is 9.00. The van der Waals surface area contributed by atoms with Crippen LogP contribution in [0.25, 0.3) is 0 Å². The van der Waals surface area contributed by atoms with Crippen LogP contribution in [0.1, 0.15) is 62.4 Å². The third-order valence-electron chi connectivity index (χ3n) is 3.12. The summed E-state index contributed by atoms with van der Waals surface area (Å²) in [6, 6.07) is 3.22. The molecule has 0 spiro atoms. The second-order valence-electron chi connectivity index (χ2n) is 4.97. The molecule has 5 heteroatoms. The second kappa shape index (κ2) is 10.9. The van der Waals surface area contributed by atoms with Crippen molar-refractivity contribution in [2.75, 3.05) is 13.2 Å². The van der Waals surface area contributed by atoms with Crippen molar-refractivity contribution >= 4 is 11.9 Å². The van der Waals surface area contributed by atoms with E-state index in [2.05, 4.69) is 12.2 Å². The van der Waals surface area contributed by atoms with Crippen LogP contribution in [-0.4, -0.2) is 25.0 Å². The summed E-state index contributed by atoms with van der Waals surface area (Å²) in [5.74, 6) is -0.345. The fraction of sp³-hybridized carbons (Fsp3) is 0.625. The fourth-order valence-corrected chi connectivity index (χ4v) is 1.91. The maximum atomic E-state index is 11.5. The number of hydrogen-bond acceptors (Lipinski definition) is 4. The van der Waals surface area contributed by atoms with Gasteiger partial charge in [0.25, 0.3) is 5.91 Å². The standard InChI is InChI=1S/C16H25NO4/c1-2-3-4-5-6-7-12-21-15(18)10-11-17-16(19)14-9-8-13-20-14/h8-9,13H,2-7,10-12H2,1H3,(H,17,19). The molecule has 0 unspecified atom stereocenters. The summed E-state index contributed by atoms with van der Waals surface area (Å²) >= 11 is 0. The number of unbranched alkanes of at least 4 members (excludes halogenated alkanes) is 5. The first kappa shape index (κ1) is 17.3. The van der Waals surface area contributed by atoms with Crippen LogP contribution in [0, 0.1) is 0 Å². The lowest BCUT2D eigenvalue weighted by Gasteiger charge is -2.05. The average Bonchev–Trinajstić information content (AvgIpc) is 3.00. The van der Waals surface area contributed by atoms with Crippen molar-refractivity contribution in [3.05, 3.63) is 24.2 Å². The zero-order valence-corrected chi connectivity index (χ0v) is 12.7. The van der Waals surface area contributed by atoms with Crippen LogP contribution < -0.4 is 5.32 Å². The summed E-state index contributed by atoms with van der Waals surface area (Å²) in [4.78, 5) is 23.0. The molecule has 0 bridgehead atoms. The Hall–Kier alpha value is -1.78. The van der Waals surface area contributed by atoms with Crippen LogP contribution in [0.2, 0.25) is 0 Å². The van der Waals surface area contributed by atoms with Crippen molar-refractivity contribution in [1.29, 1.82) is 0 Å². The Morgan fingerprint density at radius 1 is 1.19 bits per heavy atom. The van der Waals surface area contributed by atoms with Crippen LogP contribution in [0.15, 0.2) is 22.8 Å². The van der Waals surface area contributed by atoms with E-state index in [-0.39, 0.29) is 30.6 Å². The molecule has 0 aromatic carbocycles. The van der Waals surface area contributed by atoms with Gasteiger partial charge < -0.3 is 14.5 Å². The molecule has 0 aliphatic heterocycles. The summed E-state index contributed by atoms with van der Waals surface area (Å²) in [6.07, 6.45) is 8.59. The molecule has 0 atom stereocenters. The molecule has 0 aliphatic rings. The fourth-order valence-electron chi connectivity index (χ4n) is 1.91. The highest BCUT2D eigenvalue weighted by molar-refractivity contribution is 5.91. The number of amides is 1. The number of carbonyl (C=O) groups excluding carboxylic acids is 2. The van der Waals surface area contributed by atoms with Gasteiger partial charge in [0, 0.05) is 6.54 Å². The number of rotatable bonds is 11. The largest absolute Gasteiger partial charge is 0.466 e. The summed E-state index contributed by atoms with van der Waals surface area (Å²) in [7, 11) is 0. The third-order valence-corrected chi connectivity index (χ3v) is 3.12. The zero-order valence-electron chi connectivity index (χ0n) is 12.7. The molecule has 0 saturated heterocycles. The number of ether oxygens (including phenoxy) is 1. The maximum absolute atomic E-state index is 11.5. The van der Waals surface area contributed by atoms with E-state index in [1.54, 1.807) is 12.1 Å². The zero-order chi connectivity index (χ0) is 15.3. The minimum absolute atomic E-state index is 0.183. The number of esters is 1. The lowest BCUT2D eigenvalue weighted by Crippen LogP contribution is -2.26. The quantitative estimate of drug-likeness (QED) is 0.502. The monoisotopic (exact) mass is 295 g/mol. The minimum Gasteiger partial charge on any atom is -0.466 e. The molecular formula is C16H25NO4. The van der Waals surface area contributed by atoms with E-state index in [4.69, 9.17) is 9.15 Å². The summed E-state index contributed by atoms with van der Waals surface area (Å²) in [5, 5.41) is 2.61. The second-order valence-corrected chi connectivity index (χ2v) is 4.97. The summed E-state index contributed by atoms with van der Waals surface area (Å²) < 4.78 is 10.1. The Balaban J connectivity index is 1.95. The van der Waals surface area contributed by atoms with Gasteiger partial charge >= 0.3 is 5.97 Å². The van der Waals surface area contributed by atoms with E-state index in [0.717, 1.165) is 12.8 Å². The highest BCUT2D eigenvalue weighted by Gasteiger charge is 2.09. The Labute approximate surface area is 126 Å². The topological polar surface area (TPSA) is 68.5 Å². The van der Waals surface area contributed by atoms with Crippen LogP contribution in [0.3, 0.4) is 0 Å². The average molecular weight is 295 g/mol. The van der Waals surface area contributed by atoms with E-state index in [0.29, 0.717) is 6.61 Å². The van der Waals surface area contributed by atoms with Crippen molar-refractivity contribution in [3.63, 3.8) is 0 Å². The van der Waals surface area contributed by atoms with Crippen LogP contribution in [-0.2, 0) is 9.53 Å². The molecule has 5 nitrogen and oxygen atoms in total. The van der Waals surface area contributed by atoms with Gasteiger partial charge in [0.1, 0.15) is 0 Å². The molecule has 0 aliphatic carbocycles. The lowest BCUT2D eigenvalue weighted by atomic mass is 10.1. The van der Waals surface area contributed by atoms with E-state index in [9.17, 15) is 9.59 Å². The first-order chi connectivity index (χ1) is 10.2. The predicted octanol–water partition coefficient (Wildman–Crippen LogP) is 3.30. The van der Waals surface area contributed by atoms with Crippen LogP contribution in [0.4, 0.5) is 0 Å². The minimum atomic E-state index is -0.316. The van der Waals surface area contributed by atoms with Gasteiger partial charge in [-0.1, -0.05) is 39.0 Å². The first-order valence-electron chi connectivity index (χ1n) is 7.71. The molecule has 118 valence electrons. The number of hydrogen-bond donors (Lipinski definition) is 1. The van der Waals surface area contributed by atoms with E-state index in [1.165, 1.54) is 31.9 Å². The molecule has 1 heterocycles. The highest BCUT2D eigenvalue weighted by Crippen LogP contribution is 2.05. The molecule has 1 rings (SSSR count). The number of furan rings is 1. The molecule has 21 heavy (non-hydrogen) atoms. The van der Waals surface area contributed by atoms with Crippen molar-refractivity contribution < 1.29 is 18.7 Å². The number of nitrogens with one attached hydrogen (secondary N) is 1. The van der Waals surface area contributed by atoms with Gasteiger partial charge in [-0.05, 0) is 18.6 Å². The molecule has 0 saturated carbocycles. The van der Waals surface area contributed by atoms with E-state index in [1.807, 2.05) is 0 Å². The Morgan fingerprint density at radius 2 is 1.95 bits per heavy atom. The SMILES string of the molecule is CCCCCCCCOC(=O)CCNC(=O)c1ccco1. The summed E-state index contributed by atoms with van der Waals surface area (Å²) in [6.45, 7) is 2.92. The molecule has 1 N–H and O–H groups in total. The van der Waals surface area contributed by atoms with Gasteiger partial charge in [0.05, 0.1) is 19.3 Å². The van der Waals surface area contributed by atoms with Gasteiger partial charge in [-0.3, -0.25) is 9.59 Å². The van der Waals surface area contributed by atoms with E-state index >= 15 is 0 Å². The lowest BCUT2D eigenvalue weighted by molar-refractivity contribution is -0.143. The van der Waals surface area contributed by atoms with Crippen molar-refractivity contribution in [2.45, 2.75) is 51.9 Å². The first-order valence-corrected chi connectivity index (χ1v) is 7.71. The molecule has 1 aromatic heterocycles. The smallest absolute Gasteiger partial charge is 0.307 e. The van der Waals surface area contributed by atoms with Crippen LogP contribution in [0.5, 0.6) is 0 Å². The van der Waals surface area contributed by atoms with Crippen molar-refractivity contribution in [1.82, 2.24) is 5.32 Å². The van der Waals surface area contributed by atoms with Gasteiger partial charge in [-0.25, -0.2) is 0 Å². The molecule has 0 fully saturated rings. The van der Waals surface area contributed by atoms with Crippen molar-refractivity contribution in [3.8, 4) is 0 Å². The van der Waals surface area contributed by atoms with Crippen molar-refractivity contribution in [2.24, 2.45) is 0 Å². The van der Waals surface area contributed by atoms with Gasteiger partial charge in [-0.15, -0.1) is 0 Å². The molecular weight excluding hydrogens is 270 g/mol. The summed E-state index contributed by atoms with van der Waals surface area (Å²) in [5.41, 5.74) is 0. The predicted molar refractivity (Wildman–Crippen MR) is 80.0 cm³/mol. The van der Waals surface area contributed by atoms with Gasteiger partial charge in [0.15, 0.2) is 5.76 Å². The normalized spacial score (nSPS) is 10.3. The highest BCUT2D eigenvalue weighted by atomic mass is 16.5. The Bertz CT molecular complexity index is 400. The van der Waals surface area contributed by atoms with Gasteiger partial charge in [-0.2, -0.15) is 0 Å².